The summed E-state index contributed by atoms with van der Waals surface area (Å²) in [6.07, 6.45) is 0. The number of para-hydroxylation sites is 2. The highest BCUT2D eigenvalue weighted by atomic mass is 16.3. The second-order valence-electron chi connectivity index (χ2n) is 12.6. The van der Waals surface area contributed by atoms with Crippen molar-refractivity contribution in [2.45, 2.75) is 0 Å². The normalized spacial score (nSPS) is 11.5. The van der Waals surface area contributed by atoms with E-state index in [0.29, 0.717) is 17.5 Å². The van der Waals surface area contributed by atoms with E-state index in [9.17, 15) is 0 Å². The SMILES string of the molecule is c1ccc(-c2nc(-c3ccccc3)nc(-c3ccc(-c4cccc5c4oc4ccc6c(-c7ccccc7)nc7ccccc7c6c45)cc3)n2)cc1. The fourth-order valence-corrected chi connectivity index (χ4v) is 7.11. The maximum Gasteiger partial charge on any atom is 0.164 e. The molecule has 0 fully saturated rings. The fraction of sp³-hybridized carbons (Fsp3) is 0. The predicted octanol–water partition coefficient (Wildman–Crippen LogP) is 11.8. The van der Waals surface area contributed by atoms with Gasteiger partial charge in [-0.25, -0.2) is 19.9 Å². The largest absolute Gasteiger partial charge is 0.455 e. The lowest BCUT2D eigenvalue weighted by atomic mass is 9.95. The van der Waals surface area contributed by atoms with Crippen molar-refractivity contribution in [2.75, 3.05) is 0 Å². The fourth-order valence-electron chi connectivity index (χ4n) is 7.11. The van der Waals surface area contributed by atoms with Crippen LogP contribution >= 0.6 is 0 Å². The van der Waals surface area contributed by atoms with E-state index >= 15 is 0 Å². The van der Waals surface area contributed by atoms with E-state index in [4.69, 9.17) is 24.4 Å². The third kappa shape index (κ3) is 4.94. The van der Waals surface area contributed by atoms with Gasteiger partial charge in [0.1, 0.15) is 11.2 Å². The molecule has 0 amide bonds. The van der Waals surface area contributed by atoms with Gasteiger partial charge in [0.25, 0.3) is 0 Å². The molecule has 5 nitrogen and oxygen atoms in total. The molecule has 0 saturated heterocycles. The van der Waals surface area contributed by atoms with Crippen molar-refractivity contribution >= 4 is 43.6 Å². The third-order valence-corrected chi connectivity index (χ3v) is 9.52. The molecule has 3 heterocycles. The Bertz CT molecular complexity index is 2830. The van der Waals surface area contributed by atoms with E-state index in [2.05, 4.69) is 97.1 Å². The van der Waals surface area contributed by atoms with E-state index < -0.39 is 0 Å². The minimum Gasteiger partial charge on any atom is -0.455 e. The molecule has 51 heavy (non-hydrogen) atoms. The molecular formula is C46H28N4O. The zero-order valence-electron chi connectivity index (χ0n) is 27.4. The average Bonchev–Trinajstić information content (AvgIpc) is 3.61. The van der Waals surface area contributed by atoms with Gasteiger partial charge in [-0.1, -0.05) is 152 Å². The molecule has 5 heteroatoms. The van der Waals surface area contributed by atoms with Crippen LogP contribution in [0, 0.1) is 0 Å². The summed E-state index contributed by atoms with van der Waals surface area (Å²) >= 11 is 0. The molecular weight excluding hydrogens is 625 g/mol. The number of pyridine rings is 1. The zero-order valence-corrected chi connectivity index (χ0v) is 27.4. The van der Waals surface area contributed by atoms with E-state index in [1.807, 2.05) is 72.8 Å². The Labute approximate surface area is 293 Å². The third-order valence-electron chi connectivity index (χ3n) is 9.52. The van der Waals surface area contributed by atoms with Gasteiger partial charge in [0.05, 0.1) is 11.2 Å². The van der Waals surface area contributed by atoms with Gasteiger partial charge in [-0.3, -0.25) is 0 Å². The standard InChI is InChI=1S/C46H28N4O/c1-4-13-30(14-5-1)42-36-27-28-39-41(40(36)35-19-10-11-22-38(35)47-42)37-21-12-20-34(43(37)51-39)29-23-25-33(26-24-29)46-49-44(31-15-6-2-7-16-31)48-45(50-46)32-17-8-3-9-18-32/h1-28H. The highest BCUT2D eigenvalue weighted by molar-refractivity contribution is 6.29. The first kappa shape index (κ1) is 29.0. The van der Waals surface area contributed by atoms with Gasteiger partial charge in [0.2, 0.25) is 0 Å². The molecule has 0 spiro atoms. The number of nitrogens with zero attached hydrogens (tertiary/aromatic N) is 4. The zero-order chi connectivity index (χ0) is 33.7. The predicted molar refractivity (Wildman–Crippen MR) is 207 cm³/mol. The average molecular weight is 653 g/mol. The summed E-state index contributed by atoms with van der Waals surface area (Å²) in [6, 6.07) is 57.9. The van der Waals surface area contributed by atoms with Crippen LogP contribution in [-0.2, 0) is 0 Å². The summed E-state index contributed by atoms with van der Waals surface area (Å²) in [5.41, 5.74) is 9.59. The number of furan rings is 1. The molecule has 3 aromatic heterocycles. The topological polar surface area (TPSA) is 64.7 Å². The molecule has 0 bridgehead atoms. The van der Waals surface area contributed by atoms with E-state index in [1.165, 1.54) is 0 Å². The molecule has 0 atom stereocenters. The maximum atomic E-state index is 6.73. The molecule has 238 valence electrons. The van der Waals surface area contributed by atoms with Gasteiger partial charge in [-0.2, -0.15) is 0 Å². The summed E-state index contributed by atoms with van der Waals surface area (Å²) in [5.74, 6) is 1.90. The highest BCUT2D eigenvalue weighted by Crippen LogP contribution is 2.43. The van der Waals surface area contributed by atoms with Gasteiger partial charge in [-0.05, 0) is 23.8 Å². The van der Waals surface area contributed by atoms with E-state index in [1.54, 1.807) is 0 Å². The lowest BCUT2D eigenvalue weighted by molar-refractivity contribution is 0.670. The number of benzene rings is 7. The monoisotopic (exact) mass is 652 g/mol. The molecule has 0 saturated carbocycles. The first-order chi connectivity index (χ1) is 25.3. The Morgan fingerprint density at radius 3 is 1.51 bits per heavy atom. The molecule has 0 aliphatic heterocycles. The molecule has 10 aromatic rings. The van der Waals surface area contributed by atoms with Gasteiger partial charge in [0.15, 0.2) is 17.5 Å². The molecule has 7 aromatic carbocycles. The Hall–Kier alpha value is -6.98. The Kier molecular flexibility index (Phi) is 6.74. The molecule has 10 rings (SSSR count). The van der Waals surface area contributed by atoms with Crippen molar-refractivity contribution in [2.24, 2.45) is 0 Å². The summed E-state index contributed by atoms with van der Waals surface area (Å²) in [6.45, 7) is 0. The van der Waals surface area contributed by atoms with Crippen molar-refractivity contribution in [1.29, 1.82) is 0 Å². The molecule has 0 radical (unpaired) electrons. The summed E-state index contributed by atoms with van der Waals surface area (Å²) < 4.78 is 6.73. The van der Waals surface area contributed by atoms with E-state index in [-0.39, 0.29) is 0 Å². The van der Waals surface area contributed by atoms with Crippen molar-refractivity contribution in [3.63, 3.8) is 0 Å². The highest BCUT2D eigenvalue weighted by Gasteiger charge is 2.19. The van der Waals surface area contributed by atoms with Crippen LogP contribution in [-0.4, -0.2) is 19.9 Å². The first-order valence-corrected chi connectivity index (χ1v) is 17.0. The van der Waals surface area contributed by atoms with Crippen molar-refractivity contribution in [3.8, 4) is 56.5 Å². The summed E-state index contributed by atoms with van der Waals surface area (Å²) in [7, 11) is 0. The first-order valence-electron chi connectivity index (χ1n) is 17.0. The summed E-state index contributed by atoms with van der Waals surface area (Å²) in [5, 5.41) is 5.54. The van der Waals surface area contributed by atoms with Crippen LogP contribution < -0.4 is 0 Å². The van der Waals surface area contributed by atoms with Crippen LogP contribution in [0.5, 0.6) is 0 Å². The molecule has 0 aliphatic rings. The molecule has 0 unspecified atom stereocenters. The number of hydrogen-bond acceptors (Lipinski definition) is 5. The molecule has 0 aliphatic carbocycles. The lowest BCUT2D eigenvalue weighted by Crippen LogP contribution is -2.00. The minimum atomic E-state index is 0.623. The number of aromatic nitrogens is 4. The minimum absolute atomic E-state index is 0.623. The second kappa shape index (κ2) is 11.9. The molecule has 0 N–H and O–H groups in total. The number of fused-ring (bicyclic) bond motifs is 7. The van der Waals surface area contributed by atoms with Crippen molar-refractivity contribution < 1.29 is 4.42 Å². The van der Waals surface area contributed by atoms with Crippen LogP contribution in [0.1, 0.15) is 0 Å². The van der Waals surface area contributed by atoms with Crippen molar-refractivity contribution in [3.05, 3.63) is 170 Å². The number of hydrogen-bond donors (Lipinski definition) is 0. The van der Waals surface area contributed by atoms with Crippen LogP contribution in [0.3, 0.4) is 0 Å². The van der Waals surface area contributed by atoms with Gasteiger partial charge < -0.3 is 4.42 Å². The Balaban J connectivity index is 1.12. The number of rotatable bonds is 5. The van der Waals surface area contributed by atoms with Gasteiger partial charge in [-0.15, -0.1) is 0 Å². The maximum absolute atomic E-state index is 6.73. The van der Waals surface area contributed by atoms with Crippen LogP contribution in [0.4, 0.5) is 0 Å². The van der Waals surface area contributed by atoms with Crippen molar-refractivity contribution in [1.82, 2.24) is 19.9 Å². The van der Waals surface area contributed by atoms with E-state index in [0.717, 1.165) is 82.7 Å². The Morgan fingerprint density at radius 1 is 0.333 bits per heavy atom. The van der Waals surface area contributed by atoms with Crippen LogP contribution in [0.25, 0.3) is 100 Å². The smallest absolute Gasteiger partial charge is 0.164 e. The lowest BCUT2D eigenvalue weighted by Gasteiger charge is -2.11. The Morgan fingerprint density at radius 2 is 0.863 bits per heavy atom. The summed E-state index contributed by atoms with van der Waals surface area (Å²) in [4.78, 5) is 19.8. The van der Waals surface area contributed by atoms with Crippen LogP contribution in [0.2, 0.25) is 0 Å². The second-order valence-corrected chi connectivity index (χ2v) is 12.6. The van der Waals surface area contributed by atoms with Crippen LogP contribution in [0.15, 0.2) is 174 Å². The van der Waals surface area contributed by atoms with Gasteiger partial charge in [0, 0.05) is 54.7 Å². The quantitative estimate of drug-likeness (QED) is 0.173. The van der Waals surface area contributed by atoms with Gasteiger partial charge >= 0.3 is 0 Å².